The molecule has 1 aromatic carbocycles. The molecule has 0 aliphatic carbocycles. The van der Waals surface area contributed by atoms with E-state index in [1.807, 2.05) is 44.2 Å². The van der Waals surface area contributed by atoms with Crippen molar-refractivity contribution in [2.75, 3.05) is 0 Å². The van der Waals surface area contributed by atoms with Gasteiger partial charge in [-0.25, -0.2) is 0 Å². The summed E-state index contributed by atoms with van der Waals surface area (Å²) in [5, 5.41) is 7.77. The number of benzene rings is 1. The summed E-state index contributed by atoms with van der Waals surface area (Å²) < 4.78 is 10.8. The van der Waals surface area contributed by atoms with Crippen LogP contribution in [0.15, 0.2) is 34.7 Å². The number of aromatic nitrogens is 2. The molecule has 0 amide bonds. The molecule has 4 heteroatoms. The molecule has 0 bridgehead atoms. The molecule has 0 N–H and O–H groups in total. The molecule has 0 spiro atoms. The Morgan fingerprint density at radius 2 is 2.00 bits per heavy atom. The van der Waals surface area contributed by atoms with Gasteiger partial charge in [-0.05, 0) is 25.5 Å². The van der Waals surface area contributed by atoms with Crippen molar-refractivity contribution in [1.29, 1.82) is 0 Å². The van der Waals surface area contributed by atoms with E-state index in [1.165, 1.54) is 0 Å². The molecule has 1 heterocycles. The van der Waals surface area contributed by atoms with Gasteiger partial charge in [0.05, 0.1) is 0 Å². The summed E-state index contributed by atoms with van der Waals surface area (Å²) in [5.74, 6) is 0.485. The van der Waals surface area contributed by atoms with Gasteiger partial charge in [0.15, 0.2) is 0 Å². The fraction of sp³-hybridized carbons (Fsp3) is 0.333. The average molecular weight is 218 g/mol. The second kappa shape index (κ2) is 4.79. The molecule has 1 atom stereocenters. The van der Waals surface area contributed by atoms with Gasteiger partial charge in [-0.15, -0.1) is 5.10 Å². The van der Waals surface area contributed by atoms with E-state index in [0.29, 0.717) is 5.89 Å². The Bertz CT molecular complexity index is 439. The molecule has 0 aliphatic rings. The van der Waals surface area contributed by atoms with Crippen LogP contribution in [0.5, 0.6) is 6.08 Å². The van der Waals surface area contributed by atoms with Crippen molar-refractivity contribution in [2.24, 2.45) is 0 Å². The fourth-order valence-electron chi connectivity index (χ4n) is 1.21. The van der Waals surface area contributed by atoms with Crippen molar-refractivity contribution in [2.45, 2.75) is 26.4 Å². The van der Waals surface area contributed by atoms with Crippen LogP contribution >= 0.6 is 0 Å². The van der Waals surface area contributed by atoms with Crippen molar-refractivity contribution in [1.82, 2.24) is 10.2 Å². The van der Waals surface area contributed by atoms with Crippen molar-refractivity contribution in [3.63, 3.8) is 0 Å². The van der Waals surface area contributed by atoms with Crippen molar-refractivity contribution < 1.29 is 9.15 Å². The Balaban J connectivity index is 2.14. The molecule has 16 heavy (non-hydrogen) atoms. The Labute approximate surface area is 94.3 Å². The number of hydrogen-bond acceptors (Lipinski definition) is 4. The monoisotopic (exact) mass is 218 g/mol. The van der Waals surface area contributed by atoms with Gasteiger partial charge < -0.3 is 9.15 Å². The highest BCUT2D eigenvalue weighted by atomic mass is 16.6. The maximum Gasteiger partial charge on any atom is 0.415 e. The molecular weight excluding hydrogens is 204 g/mol. The first-order valence-corrected chi connectivity index (χ1v) is 5.35. The first kappa shape index (κ1) is 10.7. The van der Waals surface area contributed by atoms with E-state index < -0.39 is 0 Å². The summed E-state index contributed by atoms with van der Waals surface area (Å²) in [7, 11) is 0. The molecule has 84 valence electrons. The quantitative estimate of drug-likeness (QED) is 0.791. The Kier molecular flexibility index (Phi) is 3.19. The Morgan fingerprint density at radius 1 is 1.25 bits per heavy atom. The van der Waals surface area contributed by atoms with Crippen LogP contribution in [-0.4, -0.2) is 16.3 Å². The normalized spacial score (nSPS) is 12.4. The minimum Gasteiger partial charge on any atom is -0.446 e. The molecule has 0 saturated carbocycles. The third-order valence-electron chi connectivity index (χ3n) is 2.30. The van der Waals surface area contributed by atoms with Crippen LogP contribution in [0.1, 0.15) is 20.3 Å². The summed E-state index contributed by atoms with van der Waals surface area (Å²) in [6.07, 6.45) is 1.22. The highest BCUT2D eigenvalue weighted by molar-refractivity contribution is 5.51. The van der Waals surface area contributed by atoms with Gasteiger partial charge >= 0.3 is 6.08 Å². The SMILES string of the molecule is CCC(C)Oc1nnc(-c2ccccc2)o1. The second-order valence-corrected chi connectivity index (χ2v) is 3.58. The molecule has 0 radical (unpaired) electrons. The van der Waals surface area contributed by atoms with E-state index in [-0.39, 0.29) is 12.2 Å². The van der Waals surface area contributed by atoms with Crippen LogP contribution in [0.4, 0.5) is 0 Å². The maximum atomic E-state index is 5.43. The van der Waals surface area contributed by atoms with E-state index >= 15 is 0 Å². The topological polar surface area (TPSA) is 48.2 Å². The van der Waals surface area contributed by atoms with Gasteiger partial charge in [0.2, 0.25) is 0 Å². The molecule has 2 aromatic rings. The maximum absolute atomic E-state index is 5.43. The number of rotatable bonds is 4. The molecule has 1 aromatic heterocycles. The van der Waals surface area contributed by atoms with Crippen molar-refractivity contribution >= 4 is 0 Å². The van der Waals surface area contributed by atoms with E-state index in [0.717, 1.165) is 12.0 Å². The zero-order chi connectivity index (χ0) is 11.4. The van der Waals surface area contributed by atoms with Crippen LogP contribution in [-0.2, 0) is 0 Å². The Hall–Kier alpha value is -1.84. The summed E-state index contributed by atoms with van der Waals surface area (Å²) >= 11 is 0. The van der Waals surface area contributed by atoms with E-state index in [9.17, 15) is 0 Å². The van der Waals surface area contributed by atoms with Crippen LogP contribution < -0.4 is 4.74 Å². The van der Waals surface area contributed by atoms with E-state index in [1.54, 1.807) is 0 Å². The predicted octanol–water partition coefficient (Wildman–Crippen LogP) is 2.91. The summed E-state index contributed by atoms with van der Waals surface area (Å²) in [6, 6.07) is 9.63. The lowest BCUT2D eigenvalue weighted by atomic mass is 10.2. The van der Waals surface area contributed by atoms with Crippen LogP contribution in [0.3, 0.4) is 0 Å². The van der Waals surface area contributed by atoms with Gasteiger partial charge in [-0.2, -0.15) is 0 Å². The highest BCUT2D eigenvalue weighted by Gasteiger charge is 2.10. The molecule has 2 rings (SSSR count). The minimum absolute atomic E-state index is 0.0871. The fourth-order valence-corrected chi connectivity index (χ4v) is 1.21. The molecule has 0 saturated heterocycles. The first-order valence-electron chi connectivity index (χ1n) is 5.35. The third kappa shape index (κ3) is 2.39. The van der Waals surface area contributed by atoms with Crippen molar-refractivity contribution in [3.05, 3.63) is 30.3 Å². The van der Waals surface area contributed by atoms with Crippen molar-refractivity contribution in [3.8, 4) is 17.5 Å². The summed E-state index contributed by atoms with van der Waals surface area (Å²) in [6.45, 7) is 4.01. The second-order valence-electron chi connectivity index (χ2n) is 3.58. The van der Waals surface area contributed by atoms with Crippen LogP contribution in [0.2, 0.25) is 0 Å². The largest absolute Gasteiger partial charge is 0.446 e. The van der Waals surface area contributed by atoms with E-state index in [2.05, 4.69) is 10.2 Å². The predicted molar refractivity (Wildman–Crippen MR) is 60.1 cm³/mol. The molecule has 4 nitrogen and oxygen atoms in total. The smallest absolute Gasteiger partial charge is 0.415 e. The standard InChI is InChI=1S/C12H14N2O2/c1-3-9(2)15-12-14-13-11(16-12)10-7-5-4-6-8-10/h4-9H,3H2,1-2H3. The molecule has 0 aliphatic heterocycles. The number of ether oxygens (including phenoxy) is 1. The third-order valence-corrected chi connectivity index (χ3v) is 2.30. The number of nitrogens with zero attached hydrogens (tertiary/aromatic N) is 2. The van der Waals surface area contributed by atoms with Crippen LogP contribution in [0, 0.1) is 0 Å². The van der Waals surface area contributed by atoms with Gasteiger partial charge in [-0.1, -0.05) is 30.2 Å². The van der Waals surface area contributed by atoms with E-state index in [4.69, 9.17) is 9.15 Å². The summed E-state index contributed by atoms with van der Waals surface area (Å²) in [5.41, 5.74) is 0.897. The molecule has 1 unspecified atom stereocenters. The zero-order valence-corrected chi connectivity index (χ0v) is 9.38. The average Bonchev–Trinajstić information content (AvgIpc) is 2.78. The molecule has 0 fully saturated rings. The molecular formula is C12H14N2O2. The van der Waals surface area contributed by atoms with Gasteiger partial charge in [0, 0.05) is 5.56 Å². The lowest BCUT2D eigenvalue weighted by molar-refractivity contribution is 0.159. The van der Waals surface area contributed by atoms with Gasteiger partial charge in [0.25, 0.3) is 5.89 Å². The lowest BCUT2D eigenvalue weighted by Gasteiger charge is -2.06. The Morgan fingerprint density at radius 3 is 2.69 bits per heavy atom. The van der Waals surface area contributed by atoms with Gasteiger partial charge in [0.1, 0.15) is 6.10 Å². The summed E-state index contributed by atoms with van der Waals surface area (Å²) in [4.78, 5) is 0. The number of hydrogen-bond donors (Lipinski definition) is 0. The first-order chi connectivity index (χ1) is 7.79. The highest BCUT2D eigenvalue weighted by Crippen LogP contribution is 2.21. The van der Waals surface area contributed by atoms with Crippen LogP contribution in [0.25, 0.3) is 11.5 Å². The minimum atomic E-state index is 0.0871. The van der Waals surface area contributed by atoms with Gasteiger partial charge in [-0.3, -0.25) is 0 Å². The lowest BCUT2D eigenvalue weighted by Crippen LogP contribution is -2.09. The zero-order valence-electron chi connectivity index (χ0n) is 9.38.